The van der Waals surface area contributed by atoms with E-state index in [4.69, 9.17) is 5.11 Å². The van der Waals surface area contributed by atoms with Crippen LogP contribution in [-0.2, 0) is 6.54 Å². The van der Waals surface area contributed by atoms with E-state index in [-0.39, 0.29) is 0 Å². The highest BCUT2D eigenvalue weighted by Crippen LogP contribution is 2.23. The minimum atomic E-state index is -0.904. The highest BCUT2D eigenvalue weighted by Gasteiger charge is 2.15. The first-order valence-corrected chi connectivity index (χ1v) is 7.28. The van der Waals surface area contributed by atoms with Gasteiger partial charge in [-0.05, 0) is 24.6 Å². The molecule has 0 aliphatic heterocycles. The van der Waals surface area contributed by atoms with Crippen molar-refractivity contribution in [1.29, 1.82) is 0 Å². The fourth-order valence-electron chi connectivity index (χ4n) is 2.48. The standard InChI is InChI=1S/C16H22N2O2/c1-4-5-6-9-18-14-8-7-12(16(19)20)10-13(14)17-15(18)11(2)3/h7-8,10-11H,4-6,9H2,1-3H3,(H,19,20). The van der Waals surface area contributed by atoms with E-state index in [1.807, 2.05) is 6.07 Å². The van der Waals surface area contributed by atoms with Gasteiger partial charge in [-0.25, -0.2) is 9.78 Å². The summed E-state index contributed by atoms with van der Waals surface area (Å²) in [5.74, 6) is 0.467. The maximum absolute atomic E-state index is 11.0. The van der Waals surface area contributed by atoms with E-state index in [9.17, 15) is 4.79 Å². The van der Waals surface area contributed by atoms with Crippen molar-refractivity contribution in [3.8, 4) is 0 Å². The second-order valence-electron chi connectivity index (χ2n) is 5.49. The third-order valence-corrected chi connectivity index (χ3v) is 3.53. The number of carboxylic acid groups (broad SMARTS) is 1. The first-order valence-electron chi connectivity index (χ1n) is 7.28. The molecule has 108 valence electrons. The molecule has 0 atom stereocenters. The van der Waals surface area contributed by atoms with Crippen LogP contribution in [0.2, 0.25) is 0 Å². The van der Waals surface area contributed by atoms with Crippen LogP contribution >= 0.6 is 0 Å². The van der Waals surface area contributed by atoms with E-state index in [1.165, 1.54) is 12.8 Å². The topological polar surface area (TPSA) is 55.1 Å². The first-order chi connectivity index (χ1) is 9.54. The van der Waals surface area contributed by atoms with Crippen molar-refractivity contribution in [2.75, 3.05) is 0 Å². The van der Waals surface area contributed by atoms with Gasteiger partial charge in [0.25, 0.3) is 0 Å². The zero-order valence-corrected chi connectivity index (χ0v) is 12.4. The highest BCUT2D eigenvalue weighted by molar-refractivity contribution is 5.92. The summed E-state index contributed by atoms with van der Waals surface area (Å²) in [7, 11) is 0. The van der Waals surface area contributed by atoms with Crippen molar-refractivity contribution in [2.45, 2.75) is 52.5 Å². The number of aromatic carboxylic acids is 1. The van der Waals surface area contributed by atoms with Gasteiger partial charge in [0.05, 0.1) is 16.6 Å². The normalized spacial score (nSPS) is 11.4. The fourth-order valence-corrected chi connectivity index (χ4v) is 2.48. The Balaban J connectivity index is 2.46. The van der Waals surface area contributed by atoms with Gasteiger partial charge in [-0.2, -0.15) is 0 Å². The SMILES string of the molecule is CCCCCn1c(C(C)C)nc2cc(C(=O)O)ccc21. The van der Waals surface area contributed by atoms with Gasteiger partial charge in [0.15, 0.2) is 0 Å². The summed E-state index contributed by atoms with van der Waals surface area (Å²) in [4.78, 5) is 15.7. The molecular weight excluding hydrogens is 252 g/mol. The molecule has 0 bridgehead atoms. The lowest BCUT2D eigenvalue weighted by atomic mass is 10.2. The molecule has 0 radical (unpaired) electrons. The summed E-state index contributed by atoms with van der Waals surface area (Å²) in [6.07, 6.45) is 3.51. The number of hydrogen-bond acceptors (Lipinski definition) is 2. The van der Waals surface area contributed by atoms with Crippen molar-refractivity contribution < 1.29 is 9.90 Å². The monoisotopic (exact) mass is 274 g/mol. The lowest BCUT2D eigenvalue weighted by Gasteiger charge is -2.11. The Morgan fingerprint density at radius 2 is 2.10 bits per heavy atom. The van der Waals surface area contributed by atoms with Gasteiger partial charge in [-0.3, -0.25) is 0 Å². The molecule has 2 rings (SSSR count). The summed E-state index contributed by atoms with van der Waals surface area (Å²) in [5.41, 5.74) is 2.12. The summed E-state index contributed by atoms with van der Waals surface area (Å²) in [5, 5.41) is 9.07. The zero-order valence-electron chi connectivity index (χ0n) is 12.4. The van der Waals surface area contributed by atoms with Gasteiger partial charge in [0, 0.05) is 12.5 Å². The van der Waals surface area contributed by atoms with Crippen molar-refractivity contribution in [1.82, 2.24) is 9.55 Å². The Kier molecular flexibility index (Phi) is 4.42. The number of carboxylic acids is 1. The van der Waals surface area contributed by atoms with Crippen LogP contribution in [0.3, 0.4) is 0 Å². The molecule has 0 unspecified atom stereocenters. The van der Waals surface area contributed by atoms with E-state index in [1.54, 1.807) is 12.1 Å². The number of unbranched alkanes of at least 4 members (excludes halogenated alkanes) is 2. The van der Waals surface area contributed by atoms with Gasteiger partial charge < -0.3 is 9.67 Å². The molecule has 0 spiro atoms. The van der Waals surface area contributed by atoms with Gasteiger partial charge >= 0.3 is 5.97 Å². The molecular formula is C16H22N2O2. The molecule has 20 heavy (non-hydrogen) atoms. The predicted octanol–water partition coefficient (Wildman–Crippen LogP) is 4.05. The number of aromatic nitrogens is 2. The number of hydrogen-bond donors (Lipinski definition) is 1. The quantitative estimate of drug-likeness (QED) is 0.808. The Hall–Kier alpha value is -1.84. The molecule has 0 saturated carbocycles. The second kappa shape index (κ2) is 6.07. The number of fused-ring (bicyclic) bond motifs is 1. The van der Waals surface area contributed by atoms with Crippen LogP contribution in [0, 0.1) is 0 Å². The third-order valence-electron chi connectivity index (χ3n) is 3.53. The fraction of sp³-hybridized carbons (Fsp3) is 0.500. The Labute approximate surface area is 119 Å². The predicted molar refractivity (Wildman–Crippen MR) is 80.3 cm³/mol. The molecule has 1 aromatic carbocycles. The number of imidazole rings is 1. The number of nitrogens with zero attached hydrogens (tertiary/aromatic N) is 2. The van der Waals surface area contributed by atoms with Crippen LogP contribution in [0.4, 0.5) is 0 Å². The first kappa shape index (κ1) is 14.6. The van der Waals surface area contributed by atoms with Crippen molar-refractivity contribution in [3.63, 3.8) is 0 Å². The highest BCUT2D eigenvalue weighted by atomic mass is 16.4. The van der Waals surface area contributed by atoms with Crippen LogP contribution in [0.25, 0.3) is 11.0 Å². The smallest absolute Gasteiger partial charge is 0.335 e. The maximum Gasteiger partial charge on any atom is 0.335 e. The van der Waals surface area contributed by atoms with E-state index in [0.29, 0.717) is 11.5 Å². The molecule has 0 saturated heterocycles. The molecule has 0 aliphatic carbocycles. The molecule has 0 aliphatic rings. The lowest BCUT2D eigenvalue weighted by Crippen LogP contribution is -2.05. The summed E-state index contributed by atoms with van der Waals surface area (Å²) in [6, 6.07) is 5.20. The third kappa shape index (κ3) is 2.84. The van der Waals surface area contributed by atoms with Gasteiger partial charge in [0.2, 0.25) is 0 Å². The van der Waals surface area contributed by atoms with Crippen LogP contribution in [0.1, 0.15) is 62.1 Å². The molecule has 4 nitrogen and oxygen atoms in total. The van der Waals surface area contributed by atoms with Crippen molar-refractivity contribution >= 4 is 17.0 Å². The van der Waals surface area contributed by atoms with Crippen molar-refractivity contribution in [2.24, 2.45) is 0 Å². The number of aryl methyl sites for hydroxylation is 1. The van der Waals surface area contributed by atoms with Gasteiger partial charge in [-0.15, -0.1) is 0 Å². The van der Waals surface area contributed by atoms with Crippen LogP contribution < -0.4 is 0 Å². The van der Waals surface area contributed by atoms with E-state index >= 15 is 0 Å². The van der Waals surface area contributed by atoms with E-state index in [0.717, 1.165) is 29.8 Å². The number of benzene rings is 1. The maximum atomic E-state index is 11.0. The Bertz CT molecular complexity index is 614. The van der Waals surface area contributed by atoms with Gasteiger partial charge in [-0.1, -0.05) is 33.6 Å². The average molecular weight is 274 g/mol. The van der Waals surface area contributed by atoms with Crippen molar-refractivity contribution in [3.05, 3.63) is 29.6 Å². The molecule has 4 heteroatoms. The summed E-state index contributed by atoms with van der Waals surface area (Å²) in [6.45, 7) is 7.38. The molecule has 2 aromatic rings. The summed E-state index contributed by atoms with van der Waals surface area (Å²) >= 11 is 0. The summed E-state index contributed by atoms with van der Waals surface area (Å²) < 4.78 is 2.24. The van der Waals surface area contributed by atoms with Crippen LogP contribution in [-0.4, -0.2) is 20.6 Å². The van der Waals surface area contributed by atoms with Gasteiger partial charge in [0.1, 0.15) is 5.82 Å². The molecule has 1 heterocycles. The number of carbonyl (C=O) groups is 1. The van der Waals surface area contributed by atoms with E-state index in [2.05, 4.69) is 30.3 Å². The van der Waals surface area contributed by atoms with Crippen LogP contribution in [0.15, 0.2) is 18.2 Å². The Morgan fingerprint density at radius 1 is 1.35 bits per heavy atom. The molecule has 1 aromatic heterocycles. The minimum absolute atomic E-state index is 0.297. The minimum Gasteiger partial charge on any atom is -0.478 e. The zero-order chi connectivity index (χ0) is 14.7. The van der Waals surface area contributed by atoms with E-state index < -0.39 is 5.97 Å². The van der Waals surface area contributed by atoms with Crippen LogP contribution in [0.5, 0.6) is 0 Å². The Morgan fingerprint density at radius 3 is 2.70 bits per heavy atom. The largest absolute Gasteiger partial charge is 0.478 e. The average Bonchev–Trinajstić information content (AvgIpc) is 2.77. The molecule has 0 fully saturated rings. The lowest BCUT2D eigenvalue weighted by molar-refractivity contribution is 0.0697. The molecule has 1 N–H and O–H groups in total. The number of rotatable bonds is 6. The second-order valence-corrected chi connectivity index (χ2v) is 5.49. The molecule has 0 amide bonds.